The third kappa shape index (κ3) is 5.45. The largest absolute Gasteiger partial charge is 0.508 e. The Hall–Kier alpha value is -3.37. The Morgan fingerprint density at radius 2 is 1.84 bits per heavy atom. The van der Waals surface area contributed by atoms with E-state index in [-0.39, 0.29) is 5.91 Å². The quantitative estimate of drug-likeness (QED) is 0.512. The van der Waals surface area contributed by atoms with Gasteiger partial charge in [-0.25, -0.2) is 0 Å². The van der Waals surface area contributed by atoms with Crippen LogP contribution in [0.4, 0.5) is 0 Å². The number of carbonyl (C=O) groups is 1. The third-order valence-corrected chi connectivity index (χ3v) is 6.04. The fourth-order valence-corrected chi connectivity index (χ4v) is 4.24. The Morgan fingerprint density at radius 3 is 2.69 bits per heavy atom. The van der Waals surface area contributed by atoms with Crippen LogP contribution in [0.25, 0.3) is 6.08 Å². The number of amides is 1. The number of hydrogen-bond acceptors (Lipinski definition) is 3. The van der Waals surface area contributed by atoms with Gasteiger partial charge in [0.1, 0.15) is 5.75 Å². The molecule has 2 N–H and O–H groups in total. The molecule has 0 radical (unpaired) electrons. The number of fused-ring (bicyclic) bond motifs is 1. The summed E-state index contributed by atoms with van der Waals surface area (Å²) in [6, 6.07) is 24.0. The van der Waals surface area contributed by atoms with Gasteiger partial charge in [-0.05, 0) is 60.2 Å². The van der Waals surface area contributed by atoms with Crippen molar-refractivity contribution in [3.05, 3.63) is 107 Å². The van der Waals surface area contributed by atoms with E-state index in [0.29, 0.717) is 24.9 Å². The van der Waals surface area contributed by atoms with E-state index in [1.807, 2.05) is 54.6 Å². The topological polar surface area (TPSA) is 52.6 Å². The van der Waals surface area contributed by atoms with Gasteiger partial charge < -0.3 is 10.4 Å². The van der Waals surface area contributed by atoms with Crippen molar-refractivity contribution in [3.63, 3.8) is 0 Å². The summed E-state index contributed by atoms with van der Waals surface area (Å²) in [5.74, 6) is 0.274. The van der Waals surface area contributed by atoms with Gasteiger partial charge in [0, 0.05) is 31.2 Å². The number of aromatic hydroxyl groups is 1. The Labute approximate surface area is 190 Å². The highest BCUT2D eigenvalue weighted by Gasteiger charge is 2.24. The SMILES string of the molecule is CC1Cc2ccc(O)cc2CN1Cc1ccccc1C(=O)NCCC=Cc1ccccc1. The Morgan fingerprint density at radius 1 is 1.06 bits per heavy atom. The zero-order chi connectivity index (χ0) is 22.3. The average Bonchev–Trinajstić information content (AvgIpc) is 2.80. The molecule has 32 heavy (non-hydrogen) atoms. The average molecular weight is 427 g/mol. The summed E-state index contributed by atoms with van der Waals surface area (Å²) in [5, 5.41) is 12.9. The first-order chi connectivity index (χ1) is 15.6. The van der Waals surface area contributed by atoms with Crippen LogP contribution in [0.2, 0.25) is 0 Å². The summed E-state index contributed by atoms with van der Waals surface area (Å²) < 4.78 is 0. The summed E-state index contributed by atoms with van der Waals surface area (Å²) >= 11 is 0. The van der Waals surface area contributed by atoms with Gasteiger partial charge in [-0.15, -0.1) is 0 Å². The maximum Gasteiger partial charge on any atom is 0.251 e. The van der Waals surface area contributed by atoms with Crippen LogP contribution in [0.15, 0.2) is 78.9 Å². The number of phenolic OH excluding ortho intramolecular Hbond substituents is 1. The van der Waals surface area contributed by atoms with E-state index < -0.39 is 0 Å². The Kier molecular flexibility index (Phi) is 7.03. The molecule has 4 rings (SSSR count). The third-order valence-electron chi connectivity index (χ3n) is 6.04. The normalized spacial score (nSPS) is 16.1. The number of nitrogens with zero attached hydrogens (tertiary/aromatic N) is 1. The van der Waals surface area contributed by atoms with Crippen molar-refractivity contribution in [1.29, 1.82) is 0 Å². The van der Waals surface area contributed by atoms with E-state index in [4.69, 9.17) is 0 Å². The molecular weight excluding hydrogens is 396 g/mol. The molecular formula is C28H30N2O2. The molecule has 1 aliphatic heterocycles. The predicted octanol–water partition coefficient (Wildman–Crippen LogP) is 5.17. The van der Waals surface area contributed by atoms with Crippen LogP contribution in [0.1, 0.15) is 46.0 Å². The molecule has 0 saturated heterocycles. The van der Waals surface area contributed by atoms with Gasteiger partial charge in [0.05, 0.1) is 0 Å². The molecule has 0 aromatic heterocycles. The molecule has 1 aliphatic rings. The van der Waals surface area contributed by atoms with Crippen LogP contribution in [-0.4, -0.2) is 28.5 Å². The monoisotopic (exact) mass is 426 g/mol. The van der Waals surface area contributed by atoms with E-state index in [1.54, 1.807) is 6.07 Å². The van der Waals surface area contributed by atoms with Gasteiger partial charge in [-0.2, -0.15) is 0 Å². The minimum Gasteiger partial charge on any atom is -0.508 e. The number of rotatable bonds is 7. The summed E-state index contributed by atoms with van der Waals surface area (Å²) in [6.07, 6.45) is 5.89. The molecule has 1 unspecified atom stereocenters. The summed E-state index contributed by atoms with van der Waals surface area (Å²) in [5.41, 5.74) is 5.37. The van der Waals surface area contributed by atoms with Crippen molar-refractivity contribution in [1.82, 2.24) is 10.2 Å². The second-order valence-electron chi connectivity index (χ2n) is 8.43. The zero-order valence-corrected chi connectivity index (χ0v) is 18.5. The molecule has 0 spiro atoms. The smallest absolute Gasteiger partial charge is 0.251 e. The second-order valence-corrected chi connectivity index (χ2v) is 8.43. The van der Waals surface area contributed by atoms with Crippen LogP contribution in [0.5, 0.6) is 5.75 Å². The number of phenols is 1. The second kappa shape index (κ2) is 10.3. The van der Waals surface area contributed by atoms with Crippen LogP contribution < -0.4 is 5.32 Å². The number of hydrogen-bond donors (Lipinski definition) is 2. The fraction of sp³-hybridized carbons (Fsp3) is 0.250. The summed E-state index contributed by atoms with van der Waals surface area (Å²) in [6.45, 7) is 4.29. The molecule has 164 valence electrons. The van der Waals surface area contributed by atoms with Crippen LogP contribution >= 0.6 is 0 Å². The van der Waals surface area contributed by atoms with Gasteiger partial charge in [0.25, 0.3) is 5.91 Å². The molecule has 1 heterocycles. The predicted molar refractivity (Wildman–Crippen MR) is 129 cm³/mol. The molecule has 0 bridgehead atoms. The molecule has 0 aliphatic carbocycles. The lowest BCUT2D eigenvalue weighted by Gasteiger charge is -2.35. The first-order valence-electron chi connectivity index (χ1n) is 11.2. The molecule has 4 nitrogen and oxygen atoms in total. The zero-order valence-electron chi connectivity index (χ0n) is 18.5. The molecule has 4 heteroatoms. The summed E-state index contributed by atoms with van der Waals surface area (Å²) in [4.78, 5) is 15.2. The van der Waals surface area contributed by atoms with E-state index in [2.05, 4.69) is 41.4 Å². The first kappa shape index (κ1) is 21.8. The Bertz CT molecular complexity index is 1090. The number of carbonyl (C=O) groups excluding carboxylic acids is 1. The highest BCUT2D eigenvalue weighted by Crippen LogP contribution is 2.28. The maximum absolute atomic E-state index is 12.9. The molecule has 3 aromatic rings. The Balaban J connectivity index is 1.37. The minimum absolute atomic E-state index is 0.0311. The van der Waals surface area contributed by atoms with E-state index in [9.17, 15) is 9.90 Å². The fourth-order valence-electron chi connectivity index (χ4n) is 4.24. The van der Waals surface area contributed by atoms with Gasteiger partial charge in [0.2, 0.25) is 0 Å². The minimum atomic E-state index is -0.0311. The first-order valence-corrected chi connectivity index (χ1v) is 11.2. The molecule has 0 saturated carbocycles. The lowest BCUT2D eigenvalue weighted by Crippen LogP contribution is -2.38. The van der Waals surface area contributed by atoms with Crippen LogP contribution in [-0.2, 0) is 19.5 Å². The number of benzene rings is 3. The highest BCUT2D eigenvalue weighted by molar-refractivity contribution is 5.95. The van der Waals surface area contributed by atoms with Gasteiger partial charge in [-0.1, -0.05) is 66.7 Å². The molecule has 1 amide bonds. The molecule has 0 fully saturated rings. The number of nitrogens with one attached hydrogen (secondary N) is 1. The van der Waals surface area contributed by atoms with Gasteiger partial charge in [-0.3, -0.25) is 9.69 Å². The van der Waals surface area contributed by atoms with Crippen molar-refractivity contribution < 1.29 is 9.90 Å². The lowest BCUT2D eigenvalue weighted by atomic mass is 9.93. The van der Waals surface area contributed by atoms with Crippen LogP contribution in [0, 0.1) is 0 Å². The van der Waals surface area contributed by atoms with E-state index in [1.165, 1.54) is 5.56 Å². The molecule has 3 aromatic carbocycles. The van der Waals surface area contributed by atoms with E-state index in [0.717, 1.165) is 41.6 Å². The van der Waals surface area contributed by atoms with E-state index >= 15 is 0 Å². The maximum atomic E-state index is 12.9. The van der Waals surface area contributed by atoms with Crippen molar-refractivity contribution in [2.24, 2.45) is 0 Å². The van der Waals surface area contributed by atoms with Gasteiger partial charge >= 0.3 is 0 Å². The van der Waals surface area contributed by atoms with Gasteiger partial charge in [0.15, 0.2) is 0 Å². The highest BCUT2D eigenvalue weighted by atomic mass is 16.3. The standard InChI is InChI=1S/C28H30N2O2/c1-21-17-23-14-15-26(31)18-25(23)20-30(21)19-24-12-5-6-13-27(24)28(32)29-16-8-7-11-22-9-3-2-4-10-22/h2-7,9-15,18,21,31H,8,16-17,19-20H2,1H3,(H,29,32). The van der Waals surface area contributed by atoms with Crippen LogP contribution in [0.3, 0.4) is 0 Å². The lowest BCUT2D eigenvalue weighted by molar-refractivity contribution is 0.0950. The summed E-state index contributed by atoms with van der Waals surface area (Å²) in [7, 11) is 0. The van der Waals surface area contributed by atoms with Crippen molar-refractivity contribution in [2.45, 2.75) is 38.9 Å². The van der Waals surface area contributed by atoms with Crippen molar-refractivity contribution >= 4 is 12.0 Å². The molecule has 1 atom stereocenters. The van der Waals surface area contributed by atoms with Crippen molar-refractivity contribution in [2.75, 3.05) is 6.54 Å². The van der Waals surface area contributed by atoms with Crippen molar-refractivity contribution in [3.8, 4) is 5.75 Å².